The number of ether oxygens (including phenoxy) is 1. The highest BCUT2D eigenvalue weighted by molar-refractivity contribution is 6.31. The molecule has 5 nitrogen and oxygen atoms in total. The molecule has 2 heterocycles. The third-order valence-electron chi connectivity index (χ3n) is 4.04. The maximum Gasteiger partial charge on any atom is 0.112 e. The quantitative estimate of drug-likeness (QED) is 0.875. The van der Waals surface area contributed by atoms with Gasteiger partial charge in [-0.3, -0.25) is 4.68 Å². The van der Waals surface area contributed by atoms with Crippen LogP contribution in [0.5, 0.6) is 0 Å². The van der Waals surface area contributed by atoms with Gasteiger partial charge in [-0.1, -0.05) is 24.9 Å². The standard InChI is InChI=1S/C15H26ClN3O2/c1-4-5-12-10-15(20,6-9-21-12)14-13(16)11-17-19(14)8-7-18(2)3/h11-12,20H,4-10H2,1-3H3. The largest absolute Gasteiger partial charge is 0.383 e. The summed E-state index contributed by atoms with van der Waals surface area (Å²) in [4.78, 5) is 2.09. The number of aromatic nitrogens is 2. The SMILES string of the molecule is CCCC1CC(O)(c2c(Cl)cnn2CCN(C)C)CCO1. The fourth-order valence-electron chi connectivity index (χ4n) is 2.94. The molecule has 6 heteroatoms. The monoisotopic (exact) mass is 315 g/mol. The van der Waals surface area contributed by atoms with Gasteiger partial charge in [-0.25, -0.2) is 0 Å². The van der Waals surface area contributed by atoms with Crippen molar-refractivity contribution in [1.82, 2.24) is 14.7 Å². The zero-order chi connectivity index (χ0) is 15.5. The summed E-state index contributed by atoms with van der Waals surface area (Å²) in [6.45, 7) is 4.27. The summed E-state index contributed by atoms with van der Waals surface area (Å²) in [7, 11) is 4.04. The van der Waals surface area contributed by atoms with Crippen molar-refractivity contribution >= 4 is 11.6 Å². The van der Waals surface area contributed by atoms with Gasteiger partial charge in [0.15, 0.2) is 0 Å². The highest BCUT2D eigenvalue weighted by Crippen LogP contribution is 2.39. The number of aliphatic hydroxyl groups is 1. The molecule has 1 aliphatic heterocycles. The Morgan fingerprint density at radius 2 is 2.33 bits per heavy atom. The summed E-state index contributed by atoms with van der Waals surface area (Å²) in [5.74, 6) is 0. The van der Waals surface area contributed by atoms with E-state index in [1.165, 1.54) is 0 Å². The predicted octanol–water partition coefficient (Wildman–Crippen LogP) is 2.26. The van der Waals surface area contributed by atoms with Gasteiger partial charge in [-0.2, -0.15) is 5.10 Å². The second-order valence-corrected chi connectivity index (χ2v) is 6.54. The van der Waals surface area contributed by atoms with Crippen LogP contribution < -0.4 is 0 Å². The second kappa shape index (κ2) is 7.09. The second-order valence-electron chi connectivity index (χ2n) is 6.13. The molecule has 2 unspecified atom stereocenters. The number of rotatable bonds is 6. The first-order valence-electron chi connectivity index (χ1n) is 7.67. The molecule has 1 aromatic heterocycles. The molecule has 0 radical (unpaired) electrons. The molecule has 1 N–H and O–H groups in total. The lowest BCUT2D eigenvalue weighted by Crippen LogP contribution is -2.40. The average molecular weight is 316 g/mol. The van der Waals surface area contributed by atoms with Gasteiger partial charge in [0.2, 0.25) is 0 Å². The Morgan fingerprint density at radius 1 is 1.57 bits per heavy atom. The van der Waals surface area contributed by atoms with Crippen LogP contribution in [0, 0.1) is 0 Å². The smallest absolute Gasteiger partial charge is 0.112 e. The molecule has 21 heavy (non-hydrogen) atoms. The normalized spacial score (nSPS) is 26.5. The molecule has 0 saturated carbocycles. The Hall–Kier alpha value is -0.620. The van der Waals surface area contributed by atoms with E-state index in [1.54, 1.807) is 6.20 Å². The molecule has 1 saturated heterocycles. The van der Waals surface area contributed by atoms with Gasteiger partial charge in [0.25, 0.3) is 0 Å². The lowest BCUT2D eigenvalue weighted by atomic mass is 9.86. The first kappa shape index (κ1) is 16.7. The molecule has 1 aliphatic rings. The molecule has 0 spiro atoms. The van der Waals surface area contributed by atoms with Crippen molar-refractivity contribution in [2.24, 2.45) is 0 Å². The molecular formula is C15H26ClN3O2. The maximum atomic E-state index is 11.1. The molecule has 1 aromatic rings. The fourth-order valence-corrected chi connectivity index (χ4v) is 3.26. The van der Waals surface area contributed by atoms with Crippen LogP contribution in [0.3, 0.4) is 0 Å². The number of hydrogen-bond acceptors (Lipinski definition) is 4. The van der Waals surface area contributed by atoms with Crippen LogP contribution in [0.2, 0.25) is 5.02 Å². The zero-order valence-electron chi connectivity index (χ0n) is 13.2. The van der Waals surface area contributed by atoms with Crippen LogP contribution >= 0.6 is 11.6 Å². The molecule has 0 amide bonds. The summed E-state index contributed by atoms with van der Waals surface area (Å²) in [5, 5.41) is 16.0. The summed E-state index contributed by atoms with van der Waals surface area (Å²) >= 11 is 6.31. The van der Waals surface area contributed by atoms with Crippen molar-refractivity contribution in [3.8, 4) is 0 Å². The van der Waals surface area contributed by atoms with Crippen molar-refractivity contribution in [2.75, 3.05) is 27.2 Å². The third-order valence-corrected chi connectivity index (χ3v) is 4.32. The van der Waals surface area contributed by atoms with E-state index < -0.39 is 5.60 Å². The van der Waals surface area contributed by atoms with E-state index in [0.29, 0.717) is 24.5 Å². The van der Waals surface area contributed by atoms with Crippen LogP contribution in [0.15, 0.2) is 6.20 Å². The highest BCUT2D eigenvalue weighted by atomic mass is 35.5. The fraction of sp³-hybridized carbons (Fsp3) is 0.800. The minimum absolute atomic E-state index is 0.0991. The number of hydrogen-bond donors (Lipinski definition) is 1. The third kappa shape index (κ3) is 3.97. The minimum Gasteiger partial charge on any atom is -0.383 e. The van der Waals surface area contributed by atoms with Crippen molar-refractivity contribution in [3.05, 3.63) is 16.9 Å². The molecule has 120 valence electrons. The number of likely N-dealkylation sites (N-methyl/N-ethyl adjacent to an activating group) is 1. The Kier molecular flexibility index (Phi) is 5.66. The minimum atomic E-state index is -0.933. The molecule has 0 aliphatic carbocycles. The van der Waals surface area contributed by atoms with Crippen molar-refractivity contribution < 1.29 is 9.84 Å². The van der Waals surface area contributed by atoms with Crippen LogP contribution in [0.4, 0.5) is 0 Å². The van der Waals surface area contributed by atoms with Crippen LogP contribution in [0.1, 0.15) is 38.3 Å². The van der Waals surface area contributed by atoms with E-state index in [-0.39, 0.29) is 6.10 Å². The van der Waals surface area contributed by atoms with E-state index >= 15 is 0 Å². The van der Waals surface area contributed by atoms with Gasteiger partial charge in [0.1, 0.15) is 5.60 Å². The highest BCUT2D eigenvalue weighted by Gasteiger charge is 2.40. The van der Waals surface area contributed by atoms with Gasteiger partial charge < -0.3 is 14.7 Å². The summed E-state index contributed by atoms with van der Waals surface area (Å²) < 4.78 is 7.59. The molecule has 1 fully saturated rings. The lowest BCUT2D eigenvalue weighted by molar-refractivity contribution is -0.113. The summed E-state index contributed by atoms with van der Waals surface area (Å²) in [6.07, 6.45) is 4.91. The van der Waals surface area contributed by atoms with E-state index in [9.17, 15) is 5.11 Å². The predicted molar refractivity (Wildman–Crippen MR) is 83.6 cm³/mol. The van der Waals surface area contributed by atoms with Crippen molar-refractivity contribution in [2.45, 2.75) is 50.9 Å². The zero-order valence-corrected chi connectivity index (χ0v) is 13.9. The van der Waals surface area contributed by atoms with Crippen LogP contribution in [-0.2, 0) is 16.9 Å². The Morgan fingerprint density at radius 3 is 3.00 bits per heavy atom. The maximum absolute atomic E-state index is 11.1. The van der Waals surface area contributed by atoms with Gasteiger partial charge in [0.05, 0.1) is 36.2 Å². The van der Waals surface area contributed by atoms with Gasteiger partial charge in [-0.15, -0.1) is 0 Å². The van der Waals surface area contributed by atoms with E-state index in [1.807, 2.05) is 18.8 Å². The van der Waals surface area contributed by atoms with Crippen LogP contribution in [-0.4, -0.2) is 53.1 Å². The van der Waals surface area contributed by atoms with Gasteiger partial charge >= 0.3 is 0 Å². The molecule has 2 atom stereocenters. The Labute approximate surface area is 131 Å². The first-order chi connectivity index (χ1) is 9.96. The average Bonchev–Trinajstić information content (AvgIpc) is 2.79. The van der Waals surface area contributed by atoms with E-state index in [2.05, 4.69) is 16.9 Å². The van der Waals surface area contributed by atoms with E-state index in [4.69, 9.17) is 16.3 Å². The van der Waals surface area contributed by atoms with Crippen LogP contribution in [0.25, 0.3) is 0 Å². The van der Waals surface area contributed by atoms with Gasteiger partial charge in [-0.05, 0) is 20.5 Å². The van der Waals surface area contributed by atoms with Crippen molar-refractivity contribution in [1.29, 1.82) is 0 Å². The van der Waals surface area contributed by atoms with Gasteiger partial charge in [0, 0.05) is 19.4 Å². The topological polar surface area (TPSA) is 50.5 Å². The summed E-state index contributed by atoms with van der Waals surface area (Å²) in [5.41, 5.74) is -0.187. The molecule has 2 rings (SSSR count). The first-order valence-corrected chi connectivity index (χ1v) is 8.04. The number of halogens is 1. The van der Waals surface area contributed by atoms with E-state index in [0.717, 1.165) is 31.6 Å². The Bertz CT molecular complexity index is 462. The number of nitrogens with zero attached hydrogens (tertiary/aromatic N) is 3. The molecule has 0 aromatic carbocycles. The molecular weight excluding hydrogens is 290 g/mol. The Balaban J connectivity index is 2.20. The molecule has 0 bridgehead atoms. The summed E-state index contributed by atoms with van der Waals surface area (Å²) in [6, 6.07) is 0. The lowest BCUT2D eigenvalue weighted by Gasteiger charge is -2.37. The van der Waals surface area contributed by atoms with Crippen molar-refractivity contribution in [3.63, 3.8) is 0 Å².